The molecule has 1 fully saturated rings. The van der Waals surface area contributed by atoms with Crippen LogP contribution in [0.25, 0.3) is 0 Å². The van der Waals surface area contributed by atoms with Gasteiger partial charge in [0.15, 0.2) is 11.5 Å². The van der Waals surface area contributed by atoms with Crippen molar-refractivity contribution in [3.8, 4) is 17.2 Å². The van der Waals surface area contributed by atoms with Crippen molar-refractivity contribution in [1.29, 1.82) is 0 Å². The normalized spacial score (nSPS) is 15.4. The van der Waals surface area contributed by atoms with E-state index in [2.05, 4.69) is 4.72 Å². The maximum atomic E-state index is 12.8. The third-order valence-corrected chi connectivity index (χ3v) is 6.28. The summed E-state index contributed by atoms with van der Waals surface area (Å²) in [6.07, 6.45) is 1.40. The Balaban J connectivity index is 1.91. The lowest BCUT2D eigenvalue weighted by molar-refractivity contribution is 0.354. The minimum atomic E-state index is -3.75. The molecule has 0 saturated heterocycles. The highest BCUT2D eigenvalue weighted by atomic mass is 35.5. The Kier molecular flexibility index (Phi) is 5.05. The summed E-state index contributed by atoms with van der Waals surface area (Å²) in [7, 11) is 0.830. The van der Waals surface area contributed by atoms with Crippen LogP contribution in [0, 0.1) is 0 Å². The molecule has 2 aromatic rings. The number of nitrogens with one attached hydrogen (secondary N) is 1. The smallest absolute Gasteiger partial charge is 0.241 e. The van der Waals surface area contributed by atoms with Crippen LogP contribution >= 0.6 is 11.6 Å². The molecule has 0 spiro atoms. The standard InChI is InChI=1S/C18H20ClNO5S/c1-23-15-7-5-13(11-14(15)19)26(21,22)20-18(8-9-18)12-4-6-16(24-2)17(10-12)25-3/h4-7,10-11,20H,8-9H2,1-3H3. The summed E-state index contributed by atoms with van der Waals surface area (Å²) in [5.41, 5.74) is 0.184. The van der Waals surface area contributed by atoms with Gasteiger partial charge in [-0.15, -0.1) is 0 Å². The molecule has 0 unspecified atom stereocenters. The maximum absolute atomic E-state index is 12.8. The number of sulfonamides is 1. The Bertz CT molecular complexity index is 925. The zero-order valence-corrected chi connectivity index (χ0v) is 16.3. The van der Waals surface area contributed by atoms with E-state index in [0.717, 1.165) is 5.56 Å². The van der Waals surface area contributed by atoms with Crippen LogP contribution in [0.15, 0.2) is 41.3 Å². The predicted molar refractivity (Wildman–Crippen MR) is 98.8 cm³/mol. The van der Waals surface area contributed by atoms with Gasteiger partial charge in [0, 0.05) is 0 Å². The van der Waals surface area contributed by atoms with Gasteiger partial charge in [0.05, 0.1) is 36.8 Å². The molecule has 0 amide bonds. The molecule has 0 bridgehead atoms. The van der Waals surface area contributed by atoms with Gasteiger partial charge >= 0.3 is 0 Å². The molecule has 1 aliphatic carbocycles. The van der Waals surface area contributed by atoms with Crippen LogP contribution in [0.4, 0.5) is 0 Å². The average Bonchev–Trinajstić information content (AvgIpc) is 3.40. The number of hydrogen-bond acceptors (Lipinski definition) is 5. The van der Waals surface area contributed by atoms with E-state index in [0.29, 0.717) is 30.1 Å². The molecule has 0 heterocycles. The van der Waals surface area contributed by atoms with Crippen LogP contribution in [0.1, 0.15) is 18.4 Å². The second-order valence-electron chi connectivity index (χ2n) is 6.05. The Labute approximate surface area is 158 Å². The second kappa shape index (κ2) is 6.98. The SMILES string of the molecule is COc1ccc(S(=O)(=O)NC2(c3ccc(OC)c(OC)c3)CC2)cc1Cl. The quantitative estimate of drug-likeness (QED) is 0.775. The molecular formula is C18H20ClNO5S. The van der Waals surface area contributed by atoms with Gasteiger partial charge in [-0.1, -0.05) is 17.7 Å². The van der Waals surface area contributed by atoms with E-state index in [4.69, 9.17) is 25.8 Å². The minimum absolute atomic E-state index is 0.0926. The molecule has 1 N–H and O–H groups in total. The van der Waals surface area contributed by atoms with Crippen LogP contribution in [0.5, 0.6) is 17.2 Å². The van der Waals surface area contributed by atoms with Crippen LogP contribution < -0.4 is 18.9 Å². The van der Waals surface area contributed by atoms with Gasteiger partial charge in [-0.05, 0) is 48.7 Å². The summed E-state index contributed by atoms with van der Waals surface area (Å²) in [5.74, 6) is 1.58. The monoisotopic (exact) mass is 397 g/mol. The summed E-state index contributed by atoms with van der Waals surface area (Å²) in [6.45, 7) is 0. The van der Waals surface area contributed by atoms with Crippen LogP contribution in [0.2, 0.25) is 5.02 Å². The van der Waals surface area contributed by atoms with Gasteiger partial charge in [-0.3, -0.25) is 0 Å². The number of halogens is 1. The molecule has 140 valence electrons. The lowest BCUT2D eigenvalue weighted by Crippen LogP contribution is -2.34. The largest absolute Gasteiger partial charge is 0.495 e. The molecule has 1 saturated carbocycles. The fourth-order valence-electron chi connectivity index (χ4n) is 2.84. The Morgan fingerprint density at radius 2 is 1.54 bits per heavy atom. The van der Waals surface area contributed by atoms with E-state index in [1.54, 1.807) is 26.4 Å². The highest BCUT2D eigenvalue weighted by Gasteiger charge is 2.48. The fraction of sp³-hybridized carbons (Fsp3) is 0.333. The highest BCUT2D eigenvalue weighted by molar-refractivity contribution is 7.89. The number of methoxy groups -OCH3 is 3. The van der Waals surface area contributed by atoms with E-state index in [1.165, 1.54) is 25.3 Å². The molecule has 0 aromatic heterocycles. The molecule has 26 heavy (non-hydrogen) atoms. The number of ether oxygens (including phenoxy) is 3. The van der Waals surface area contributed by atoms with Gasteiger partial charge in [0.1, 0.15) is 5.75 Å². The fourth-order valence-corrected chi connectivity index (χ4v) is 4.64. The van der Waals surface area contributed by atoms with E-state index in [9.17, 15) is 8.42 Å². The molecule has 8 heteroatoms. The molecule has 0 radical (unpaired) electrons. The number of benzene rings is 2. The first-order valence-corrected chi connectivity index (χ1v) is 9.81. The Morgan fingerprint density at radius 1 is 0.923 bits per heavy atom. The third kappa shape index (κ3) is 3.47. The summed E-state index contributed by atoms with van der Waals surface area (Å²) >= 11 is 6.06. The van der Waals surface area contributed by atoms with Gasteiger partial charge in [0.25, 0.3) is 0 Å². The molecule has 1 aliphatic rings. The van der Waals surface area contributed by atoms with Crippen LogP contribution in [0.3, 0.4) is 0 Å². The van der Waals surface area contributed by atoms with Crippen molar-refractivity contribution in [2.75, 3.05) is 21.3 Å². The van der Waals surface area contributed by atoms with E-state index < -0.39 is 15.6 Å². The predicted octanol–water partition coefficient (Wildman–Crippen LogP) is 3.33. The zero-order chi connectivity index (χ0) is 18.9. The number of rotatable bonds is 7. The summed E-state index contributed by atoms with van der Waals surface area (Å²) in [5, 5.41) is 0.242. The third-order valence-electron chi connectivity index (χ3n) is 4.45. The van der Waals surface area contributed by atoms with Crippen molar-refractivity contribution in [2.45, 2.75) is 23.3 Å². The molecule has 6 nitrogen and oxygen atoms in total. The van der Waals surface area contributed by atoms with Gasteiger partial charge in [0.2, 0.25) is 10.0 Å². The van der Waals surface area contributed by atoms with Crippen molar-refractivity contribution >= 4 is 21.6 Å². The lowest BCUT2D eigenvalue weighted by Gasteiger charge is -2.20. The summed E-state index contributed by atoms with van der Waals surface area (Å²) in [6, 6.07) is 9.80. The van der Waals surface area contributed by atoms with Crippen molar-refractivity contribution < 1.29 is 22.6 Å². The number of hydrogen-bond donors (Lipinski definition) is 1. The van der Waals surface area contributed by atoms with Crippen molar-refractivity contribution in [3.05, 3.63) is 47.0 Å². The first kappa shape index (κ1) is 18.8. The van der Waals surface area contributed by atoms with E-state index >= 15 is 0 Å². The van der Waals surface area contributed by atoms with E-state index in [1.807, 2.05) is 6.07 Å². The van der Waals surface area contributed by atoms with Gasteiger partial charge in [-0.2, -0.15) is 0 Å². The maximum Gasteiger partial charge on any atom is 0.241 e. The molecule has 2 aromatic carbocycles. The molecule has 0 atom stereocenters. The minimum Gasteiger partial charge on any atom is -0.495 e. The topological polar surface area (TPSA) is 73.9 Å². The van der Waals surface area contributed by atoms with Crippen molar-refractivity contribution in [1.82, 2.24) is 4.72 Å². The molecular weight excluding hydrogens is 378 g/mol. The summed E-state index contributed by atoms with van der Waals surface area (Å²) in [4.78, 5) is 0.0926. The van der Waals surface area contributed by atoms with Crippen LogP contribution in [-0.2, 0) is 15.6 Å². The van der Waals surface area contributed by atoms with Crippen molar-refractivity contribution in [3.63, 3.8) is 0 Å². The molecule has 0 aliphatic heterocycles. The molecule has 3 rings (SSSR count). The van der Waals surface area contributed by atoms with Gasteiger partial charge < -0.3 is 14.2 Å². The highest BCUT2D eigenvalue weighted by Crippen LogP contribution is 2.48. The lowest BCUT2D eigenvalue weighted by atomic mass is 10.1. The first-order valence-electron chi connectivity index (χ1n) is 7.95. The van der Waals surface area contributed by atoms with Gasteiger partial charge in [-0.25, -0.2) is 13.1 Å². The van der Waals surface area contributed by atoms with Crippen molar-refractivity contribution in [2.24, 2.45) is 0 Å². The summed E-state index contributed by atoms with van der Waals surface area (Å²) < 4.78 is 44.1. The second-order valence-corrected chi connectivity index (χ2v) is 8.14. The average molecular weight is 398 g/mol. The Morgan fingerprint density at radius 3 is 2.08 bits per heavy atom. The first-order chi connectivity index (χ1) is 12.3. The Hall–Kier alpha value is -1.96. The van der Waals surface area contributed by atoms with E-state index in [-0.39, 0.29) is 9.92 Å². The zero-order valence-electron chi connectivity index (χ0n) is 14.7. The van der Waals surface area contributed by atoms with Crippen LogP contribution in [-0.4, -0.2) is 29.7 Å².